The summed E-state index contributed by atoms with van der Waals surface area (Å²) in [7, 11) is 0. The van der Waals surface area contributed by atoms with Gasteiger partial charge in [-0.05, 0) is 18.2 Å². The van der Waals surface area contributed by atoms with Crippen molar-refractivity contribution in [3.05, 3.63) is 47.5 Å². The van der Waals surface area contributed by atoms with E-state index in [1.54, 1.807) is 17.4 Å². The molecule has 0 spiro atoms. The van der Waals surface area contributed by atoms with Crippen molar-refractivity contribution < 1.29 is 9.90 Å². The number of aromatic carboxylic acids is 1. The number of nitrogens with zero attached hydrogens (tertiary/aromatic N) is 2. The molecule has 3 aromatic rings. The third-order valence-electron chi connectivity index (χ3n) is 2.64. The van der Waals surface area contributed by atoms with Crippen LogP contribution in [0.3, 0.4) is 0 Å². The van der Waals surface area contributed by atoms with Crippen LogP contribution in [0.5, 0.6) is 0 Å². The Labute approximate surface area is 107 Å². The van der Waals surface area contributed by atoms with Gasteiger partial charge in [0.2, 0.25) is 0 Å². The summed E-state index contributed by atoms with van der Waals surface area (Å²) in [4.78, 5) is 10.7. The number of carbonyl (C=O) groups is 1. The van der Waals surface area contributed by atoms with Gasteiger partial charge in [0.15, 0.2) is 5.69 Å². The van der Waals surface area contributed by atoms with E-state index in [2.05, 4.69) is 10.2 Å². The number of hydrogen-bond donors (Lipinski definition) is 1. The Morgan fingerprint density at radius 1 is 1.11 bits per heavy atom. The molecule has 0 amide bonds. The third kappa shape index (κ3) is 1.74. The van der Waals surface area contributed by atoms with Crippen molar-refractivity contribution in [2.24, 2.45) is 0 Å². The number of carboxylic acids is 1. The van der Waals surface area contributed by atoms with Crippen LogP contribution in [0.4, 0.5) is 0 Å². The average Bonchev–Trinajstić information content (AvgIpc) is 2.82. The van der Waals surface area contributed by atoms with E-state index in [4.69, 9.17) is 5.11 Å². The first kappa shape index (κ1) is 10.9. The van der Waals surface area contributed by atoms with Crippen LogP contribution in [0.2, 0.25) is 0 Å². The van der Waals surface area contributed by atoms with Crippen LogP contribution in [0.25, 0.3) is 21.3 Å². The van der Waals surface area contributed by atoms with Crippen molar-refractivity contribution in [3.8, 4) is 11.3 Å². The minimum absolute atomic E-state index is 0.0433. The van der Waals surface area contributed by atoms with Gasteiger partial charge >= 0.3 is 5.97 Å². The molecule has 0 radical (unpaired) electrons. The normalized spacial score (nSPS) is 10.7. The molecule has 0 aliphatic carbocycles. The van der Waals surface area contributed by atoms with E-state index in [1.165, 1.54) is 10.8 Å². The first-order chi connectivity index (χ1) is 8.75. The van der Waals surface area contributed by atoms with E-state index in [0.29, 0.717) is 5.69 Å². The Balaban J connectivity index is 2.12. The summed E-state index contributed by atoms with van der Waals surface area (Å²) in [5.41, 5.74) is 1.63. The Hall–Kier alpha value is -2.27. The van der Waals surface area contributed by atoms with Gasteiger partial charge in [0, 0.05) is 21.0 Å². The second kappa shape index (κ2) is 4.19. The number of rotatable bonds is 2. The number of thiophene rings is 1. The molecule has 1 aromatic carbocycles. The third-order valence-corrected chi connectivity index (χ3v) is 3.60. The lowest BCUT2D eigenvalue weighted by Crippen LogP contribution is -2.01. The van der Waals surface area contributed by atoms with Gasteiger partial charge in [-0.25, -0.2) is 4.79 Å². The summed E-state index contributed by atoms with van der Waals surface area (Å²) < 4.78 is 1.18. The van der Waals surface area contributed by atoms with Gasteiger partial charge in [-0.15, -0.1) is 21.5 Å². The zero-order valence-corrected chi connectivity index (χ0v) is 10.0. The maximum Gasteiger partial charge on any atom is 0.356 e. The summed E-state index contributed by atoms with van der Waals surface area (Å²) in [5, 5.41) is 19.6. The summed E-state index contributed by atoms with van der Waals surface area (Å²) in [6.07, 6.45) is 0. The molecule has 88 valence electrons. The molecule has 5 heteroatoms. The molecule has 0 saturated carbocycles. The molecular formula is C13H8N2O2S. The van der Waals surface area contributed by atoms with Gasteiger partial charge in [-0.3, -0.25) is 0 Å². The molecule has 0 bridgehead atoms. The summed E-state index contributed by atoms with van der Waals surface area (Å²) in [5.74, 6) is -1.07. The van der Waals surface area contributed by atoms with Crippen molar-refractivity contribution in [2.45, 2.75) is 0 Å². The van der Waals surface area contributed by atoms with E-state index >= 15 is 0 Å². The molecule has 18 heavy (non-hydrogen) atoms. The second-order valence-corrected chi connectivity index (χ2v) is 4.67. The van der Waals surface area contributed by atoms with Gasteiger partial charge in [0.05, 0.1) is 5.69 Å². The molecule has 0 unspecified atom stereocenters. The molecule has 0 aliphatic rings. The maximum absolute atomic E-state index is 10.7. The van der Waals surface area contributed by atoms with Gasteiger partial charge in [0.25, 0.3) is 0 Å². The fraction of sp³-hybridized carbons (Fsp3) is 0. The fourth-order valence-electron chi connectivity index (χ4n) is 1.77. The van der Waals surface area contributed by atoms with E-state index in [9.17, 15) is 4.79 Å². The lowest BCUT2D eigenvalue weighted by molar-refractivity contribution is 0.0689. The first-order valence-corrected chi connectivity index (χ1v) is 6.17. The zero-order chi connectivity index (χ0) is 12.5. The second-order valence-electron chi connectivity index (χ2n) is 3.75. The summed E-state index contributed by atoms with van der Waals surface area (Å²) in [6, 6.07) is 11.2. The van der Waals surface area contributed by atoms with E-state index < -0.39 is 5.97 Å². The summed E-state index contributed by atoms with van der Waals surface area (Å²) in [6.45, 7) is 0. The van der Waals surface area contributed by atoms with Crippen molar-refractivity contribution in [1.82, 2.24) is 10.2 Å². The Morgan fingerprint density at radius 2 is 1.94 bits per heavy atom. The highest BCUT2D eigenvalue weighted by molar-refractivity contribution is 7.17. The van der Waals surface area contributed by atoms with Gasteiger partial charge in [-0.2, -0.15) is 0 Å². The van der Waals surface area contributed by atoms with Crippen molar-refractivity contribution in [2.75, 3.05) is 0 Å². The molecule has 1 N–H and O–H groups in total. The molecule has 3 rings (SSSR count). The molecule has 0 aliphatic heterocycles. The van der Waals surface area contributed by atoms with Crippen molar-refractivity contribution in [1.29, 1.82) is 0 Å². The number of benzene rings is 1. The first-order valence-electron chi connectivity index (χ1n) is 5.29. The quantitative estimate of drug-likeness (QED) is 0.765. The van der Waals surface area contributed by atoms with E-state index in [1.807, 2.05) is 29.6 Å². The zero-order valence-electron chi connectivity index (χ0n) is 9.20. The highest BCUT2D eigenvalue weighted by Gasteiger charge is 2.09. The number of hydrogen-bond acceptors (Lipinski definition) is 4. The minimum atomic E-state index is -1.07. The predicted octanol–water partition coefficient (Wildman–Crippen LogP) is 3.06. The van der Waals surface area contributed by atoms with Crippen molar-refractivity contribution in [3.63, 3.8) is 0 Å². The largest absolute Gasteiger partial charge is 0.476 e. The van der Waals surface area contributed by atoms with Gasteiger partial charge in [0.1, 0.15) is 0 Å². The molecular weight excluding hydrogens is 248 g/mol. The molecule has 0 saturated heterocycles. The summed E-state index contributed by atoms with van der Waals surface area (Å²) >= 11 is 1.64. The van der Waals surface area contributed by atoms with E-state index in [0.717, 1.165) is 10.9 Å². The highest BCUT2D eigenvalue weighted by atomic mass is 32.1. The molecule has 2 aromatic heterocycles. The maximum atomic E-state index is 10.7. The monoisotopic (exact) mass is 256 g/mol. The Bertz CT molecular complexity index is 719. The number of fused-ring (bicyclic) bond motifs is 1. The molecule has 0 fully saturated rings. The van der Waals surface area contributed by atoms with Gasteiger partial charge < -0.3 is 5.11 Å². The molecule has 4 nitrogen and oxygen atoms in total. The van der Waals surface area contributed by atoms with Crippen LogP contribution in [0.15, 0.2) is 41.8 Å². The lowest BCUT2D eigenvalue weighted by Gasteiger charge is -1.98. The van der Waals surface area contributed by atoms with Crippen LogP contribution >= 0.6 is 11.3 Å². The fourth-order valence-corrected chi connectivity index (χ4v) is 2.72. The van der Waals surface area contributed by atoms with E-state index in [-0.39, 0.29) is 5.69 Å². The number of aromatic nitrogens is 2. The standard InChI is InChI=1S/C13H8N2O2S/c16-13(17)11-6-5-10(14-15-11)9-7-18-12-4-2-1-3-8(9)12/h1-7H,(H,16,17). The van der Waals surface area contributed by atoms with Crippen LogP contribution < -0.4 is 0 Å². The van der Waals surface area contributed by atoms with Crippen molar-refractivity contribution >= 4 is 27.4 Å². The smallest absolute Gasteiger partial charge is 0.356 e. The van der Waals surface area contributed by atoms with Crippen LogP contribution in [0, 0.1) is 0 Å². The topological polar surface area (TPSA) is 63.1 Å². The molecule has 2 heterocycles. The SMILES string of the molecule is O=C(O)c1ccc(-c2csc3ccccc23)nn1. The van der Waals surface area contributed by atoms with Crippen LogP contribution in [0.1, 0.15) is 10.5 Å². The predicted molar refractivity (Wildman–Crippen MR) is 69.8 cm³/mol. The molecule has 0 atom stereocenters. The lowest BCUT2D eigenvalue weighted by atomic mass is 10.1. The van der Waals surface area contributed by atoms with Gasteiger partial charge in [-0.1, -0.05) is 18.2 Å². The van der Waals surface area contributed by atoms with Crippen LogP contribution in [-0.4, -0.2) is 21.3 Å². The van der Waals surface area contributed by atoms with Crippen LogP contribution in [-0.2, 0) is 0 Å². The Kier molecular flexibility index (Phi) is 2.53. The Morgan fingerprint density at radius 3 is 2.67 bits per heavy atom. The minimum Gasteiger partial charge on any atom is -0.476 e. The average molecular weight is 256 g/mol. The highest BCUT2D eigenvalue weighted by Crippen LogP contribution is 2.32. The number of carboxylic acid groups (broad SMARTS) is 1.